The number of carbonyl (C=O) groups is 1. The van der Waals surface area contributed by atoms with Crippen LogP contribution in [0.3, 0.4) is 0 Å². The fourth-order valence-corrected chi connectivity index (χ4v) is 4.79. The summed E-state index contributed by atoms with van der Waals surface area (Å²) < 4.78 is 79.2. The van der Waals surface area contributed by atoms with Crippen molar-refractivity contribution in [2.24, 2.45) is 11.8 Å². The number of nitrogens with zero attached hydrogens (tertiary/aromatic N) is 1. The molecule has 1 heterocycles. The maximum absolute atomic E-state index is 13.8. The molecule has 0 saturated carbocycles. The molecule has 2 atom stereocenters. The van der Waals surface area contributed by atoms with E-state index in [2.05, 4.69) is 0 Å². The highest BCUT2D eigenvalue weighted by Crippen LogP contribution is 2.36. The number of alkyl halides is 3. The Morgan fingerprint density at radius 3 is 2.16 bits per heavy atom. The predicted octanol–water partition coefficient (Wildman–Crippen LogP) is 3.21. The third-order valence-corrected chi connectivity index (χ3v) is 5.86. The van der Waals surface area contributed by atoms with Crippen molar-refractivity contribution in [2.45, 2.75) is 31.3 Å². The van der Waals surface area contributed by atoms with E-state index in [1.54, 1.807) is 0 Å². The summed E-state index contributed by atoms with van der Waals surface area (Å²) in [5.41, 5.74) is -3.24. The van der Waals surface area contributed by atoms with E-state index in [0.717, 1.165) is 10.7 Å². The van der Waals surface area contributed by atoms with Crippen LogP contribution in [0.1, 0.15) is 36.2 Å². The Kier molecular flexibility index (Phi) is 5.16. The maximum Gasteiger partial charge on any atom is 0.419 e. The van der Waals surface area contributed by atoms with Gasteiger partial charge in [0, 0.05) is 13.1 Å². The zero-order valence-corrected chi connectivity index (χ0v) is 14.3. The molecule has 1 aliphatic rings. The molecule has 0 aromatic heterocycles. The molecule has 0 bridgehead atoms. The van der Waals surface area contributed by atoms with E-state index in [-0.39, 0.29) is 31.0 Å². The van der Waals surface area contributed by atoms with Gasteiger partial charge in [-0.2, -0.15) is 17.5 Å². The lowest BCUT2D eigenvalue weighted by Gasteiger charge is -2.34. The van der Waals surface area contributed by atoms with Gasteiger partial charge in [-0.25, -0.2) is 17.6 Å². The third kappa shape index (κ3) is 3.95. The van der Waals surface area contributed by atoms with Crippen LogP contribution in [0, 0.1) is 17.7 Å². The van der Waals surface area contributed by atoms with Crippen LogP contribution in [0.15, 0.2) is 17.0 Å². The summed E-state index contributed by atoms with van der Waals surface area (Å²) in [4.78, 5) is 10.2. The van der Waals surface area contributed by atoms with Crippen molar-refractivity contribution in [3.8, 4) is 0 Å². The van der Waals surface area contributed by atoms with Gasteiger partial charge in [-0.3, -0.25) is 0 Å². The van der Waals surface area contributed by atoms with Crippen LogP contribution in [0.25, 0.3) is 0 Å². The van der Waals surface area contributed by atoms with Crippen LogP contribution in [0.5, 0.6) is 0 Å². The Morgan fingerprint density at radius 2 is 1.72 bits per heavy atom. The van der Waals surface area contributed by atoms with Gasteiger partial charge in [0.2, 0.25) is 10.0 Å². The molecule has 5 nitrogen and oxygen atoms in total. The lowest BCUT2D eigenvalue weighted by atomic mass is 9.94. The zero-order chi connectivity index (χ0) is 19.2. The Labute approximate surface area is 142 Å². The molecule has 10 heteroatoms. The van der Waals surface area contributed by atoms with Crippen molar-refractivity contribution < 1.29 is 35.9 Å². The van der Waals surface area contributed by atoms with Crippen molar-refractivity contribution in [1.29, 1.82) is 0 Å². The number of hydrogen-bond acceptors (Lipinski definition) is 3. The van der Waals surface area contributed by atoms with Crippen LogP contribution in [-0.4, -0.2) is 36.9 Å². The number of rotatable bonds is 3. The first-order valence-electron chi connectivity index (χ1n) is 7.48. The minimum absolute atomic E-state index is 0.00000374. The number of halogens is 4. The third-order valence-electron chi connectivity index (χ3n) is 4.06. The average Bonchev–Trinajstić information content (AvgIpc) is 2.44. The van der Waals surface area contributed by atoms with Crippen LogP contribution < -0.4 is 0 Å². The minimum Gasteiger partial charge on any atom is -0.478 e. The predicted molar refractivity (Wildman–Crippen MR) is 80.1 cm³/mol. The smallest absolute Gasteiger partial charge is 0.419 e. The highest BCUT2D eigenvalue weighted by atomic mass is 32.2. The fourth-order valence-electron chi connectivity index (χ4n) is 3.06. The summed E-state index contributed by atoms with van der Waals surface area (Å²) in [5.74, 6) is -3.97. The lowest BCUT2D eigenvalue weighted by molar-refractivity contribution is -0.140. The molecule has 0 spiro atoms. The van der Waals surface area contributed by atoms with E-state index in [1.165, 1.54) is 0 Å². The van der Waals surface area contributed by atoms with E-state index in [4.69, 9.17) is 5.11 Å². The number of piperidine rings is 1. The van der Waals surface area contributed by atoms with Gasteiger partial charge in [0.1, 0.15) is 5.82 Å². The highest BCUT2D eigenvalue weighted by molar-refractivity contribution is 7.89. The molecular formula is C15H17F4NO4S. The van der Waals surface area contributed by atoms with E-state index in [1.807, 2.05) is 13.8 Å². The second kappa shape index (κ2) is 6.56. The first-order chi connectivity index (χ1) is 11.3. The first-order valence-corrected chi connectivity index (χ1v) is 8.92. The molecule has 0 radical (unpaired) electrons. The van der Waals surface area contributed by atoms with Gasteiger partial charge in [0.15, 0.2) is 0 Å². The molecule has 140 valence electrons. The van der Waals surface area contributed by atoms with E-state index >= 15 is 0 Å². The van der Waals surface area contributed by atoms with Crippen LogP contribution >= 0.6 is 0 Å². The van der Waals surface area contributed by atoms with Gasteiger partial charge < -0.3 is 5.11 Å². The summed E-state index contributed by atoms with van der Waals surface area (Å²) in [6.45, 7) is 3.83. The zero-order valence-electron chi connectivity index (χ0n) is 13.5. The summed E-state index contributed by atoms with van der Waals surface area (Å²) in [7, 11) is -4.38. The van der Waals surface area contributed by atoms with Crippen molar-refractivity contribution in [3.05, 3.63) is 29.1 Å². The van der Waals surface area contributed by atoms with Gasteiger partial charge in [0.05, 0.1) is 16.0 Å². The Balaban J connectivity index is 2.61. The molecule has 25 heavy (non-hydrogen) atoms. The minimum atomic E-state index is -5.22. The summed E-state index contributed by atoms with van der Waals surface area (Å²) in [6, 6.07) is 0.591. The molecule has 1 N–H and O–H groups in total. The van der Waals surface area contributed by atoms with Crippen molar-refractivity contribution >= 4 is 16.0 Å². The second-order valence-electron chi connectivity index (χ2n) is 6.40. The first kappa shape index (κ1) is 19.6. The number of carboxylic acid groups (broad SMARTS) is 1. The fraction of sp³-hybridized carbons (Fsp3) is 0.533. The SMILES string of the molecule is CC1CC(C)CN(S(=O)(=O)c2cc(C(=O)O)c(F)c(C(F)(F)F)c2)C1. The molecule has 1 fully saturated rings. The van der Waals surface area contributed by atoms with E-state index in [9.17, 15) is 30.8 Å². The molecule has 1 saturated heterocycles. The van der Waals surface area contributed by atoms with Gasteiger partial charge in [-0.15, -0.1) is 0 Å². The number of carboxylic acids is 1. The van der Waals surface area contributed by atoms with Gasteiger partial charge >= 0.3 is 12.1 Å². The topological polar surface area (TPSA) is 74.7 Å². The van der Waals surface area contributed by atoms with Crippen molar-refractivity contribution in [3.63, 3.8) is 0 Å². The van der Waals surface area contributed by atoms with Crippen LogP contribution in [0.4, 0.5) is 17.6 Å². The average molecular weight is 383 g/mol. The van der Waals surface area contributed by atoms with Gasteiger partial charge in [-0.05, 0) is 30.4 Å². The summed E-state index contributed by atoms with van der Waals surface area (Å²) in [5, 5.41) is 8.92. The number of benzene rings is 1. The summed E-state index contributed by atoms with van der Waals surface area (Å²) in [6.07, 6.45) is -4.45. The normalized spacial score (nSPS) is 22.8. The largest absolute Gasteiger partial charge is 0.478 e. The molecule has 1 aromatic rings. The van der Waals surface area contributed by atoms with Crippen LogP contribution in [-0.2, 0) is 16.2 Å². The molecule has 0 aliphatic carbocycles. The Hall–Kier alpha value is -1.68. The molecule has 1 aromatic carbocycles. The number of sulfonamides is 1. The monoisotopic (exact) mass is 383 g/mol. The quantitative estimate of drug-likeness (QED) is 0.814. The number of aromatic carboxylic acids is 1. The molecular weight excluding hydrogens is 366 g/mol. The van der Waals surface area contributed by atoms with Gasteiger partial charge in [-0.1, -0.05) is 13.8 Å². The summed E-state index contributed by atoms with van der Waals surface area (Å²) >= 11 is 0. The lowest BCUT2D eigenvalue weighted by Crippen LogP contribution is -2.42. The molecule has 2 unspecified atom stereocenters. The van der Waals surface area contributed by atoms with Crippen LogP contribution in [0.2, 0.25) is 0 Å². The van der Waals surface area contributed by atoms with E-state index in [0.29, 0.717) is 6.07 Å². The Morgan fingerprint density at radius 1 is 1.20 bits per heavy atom. The second-order valence-corrected chi connectivity index (χ2v) is 8.34. The van der Waals surface area contributed by atoms with E-state index < -0.39 is 44.0 Å². The van der Waals surface area contributed by atoms with Gasteiger partial charge in [0.25, 0.3) is 0 Å². The maximum atomic E-state index is 13.8. The standard InChI is InChI=1S/C15H17F4NO4S/c1-8-3-9(2)7-20(6-8)25(23,24)10-4-11(14(21)22)13(16)12(5-10)15(17,18)19/h4-5,8-9H,3,6-7H2,1-2H3,(H,21,22). The molecule has 1 aliphatic heterocycles. The molecule has 0 amide bonds. The Bertz CT molecular complexity index is 781. The number of hydrogen-bond donors (Lipinski definition) is 1. The highest BCUT2D eigenvalue weighted by Gasteiger charge is 2.39. The molecule has 2 rings (SSSR count). The van der Waals surface area contributed by atoms with Crippen molar-refractivity contribution in [2.75, 3.05) is 13.1 Å². The van der Waals surface area contributed by atoms with Crippen molar-refractivity contribution in [1.82, 2.24) is 4.31 Å².